The Labute approximate surface area is 159 Å². The van der Waals surface area contributed by atoms with Gasteiger partial charge in [0.25, 0.3) is 0 Å². The Morgan fingerprint density at radius 3 is 2.85 bits per heavy atom. The molecule has 0 unspecified atom stereocenters. The molecular formula is C21H27N5O. The van der Waals surface area contributed by atoms with Crippen molar-refractivity contribution in [3.05, 3.63) is 42.4 Å². The van der Waals surface area contributed by atoms with Crippen molar-refractivity contribution < 1.29 is 4.79 Å². The molecule has 0 bridgehead atoms. The highest BCUT2D eigenvalue weighted by atomic mass is 16.2. The van der Waals surface area contributed by atoms with Gasteiger partial charge in [0, 0.05) is 12.5 Å². The monoisotopic (exact) mass is 365 g/mol. The zero-order valence-corrected chi connectivity index (χ0v) is 15.9. The first-order valence-electron chi connectivity index (χ1n) is 10.0. The van der Waals surface area contributed by atoms with E-state index in [0.29, 0.717) is 6.04 Å². The summed E-state index contributed by atoms with van der Waals surface area (Å²) in [5, 5.41) is 7.51. The van der Waals surface area contributed by atoms with Crippen LogP contribution in [0, 0.1) is 0 Å². The Hall–Kier alpha value is -2.63. The van der Waals surface area contributed by atoms with E-state index in [1.165, 1.54) is 12.8 Å². The first-order valence-corrected chi connectivity index (χ1v) is 10.0. The first kappa shape index (κ1) is 17.8. The van der Waals surface area contributed by atoms with Gasteiger partial charge in [-0.3, -0.25) is 4.79 Å². The van der Waals surface area contributed by atoms with Crippen LogP contribution in [0.15, 0.2) is 36.5 Å². The average Bonchev–Trinajstić information content (AvgIpc) is 3.40. The molecule has 0 atom stereocenters. The molecule has 1 N–H and O–H groups in total. The lowest BCUT2D eigenvalue weighted by Crippen LogP contribution is -2.22. The van der Waals surface area contributed by atoms with Crippen molar-refractivity contribution in [3.8, 4) is 0 Å². The third kappa shape index (κ3) is 3.75. The Bertz CT molecular complexity index is 920. The molecule has 1 saturated carbocycles. The summed E-state index contributed by atoms with van der Waals surface area (Å²) in [6, 6.07) is 10.3. The van der Waals surface area contributed by atoms with Gasteiger partial charge in [0.1, 0.15) is 18.2 Å². The number of amides is 1. The maximum Gasteiger partial charge on any atom is 0.245 e. The summed E-state index contributed by atoms with van der Waals surface area (Å²) in [4.78, 5) is 17.6. The second-order valence-electron chi connectivity index (χ2n) is 7.35. The highest BCUT2D eigenvalue weighted by Gasteiger charge is 2.21. The van der Waals surface area contributed by atoms with Gasteiger partial charge >= 0.3 is 0 Å². The van der Waals surface area contributed by atoms with Crippen LogP contribution < -0.4 is 5.32 Å². The minimum Gasteiger partial charge on any atom is -0.318 e. The number of fused-ring (bicyclic) bond motifs is 1. The summed E-state index contributed by atoms with van der Waals surface area (Å²) < 4.78 is 4.03. The summed E-state index contributed by atoms with van der Waals surface area (Å²) in [6.07, 6.45) is 9.58. The summed E-state index contributed by atoms with van der Waals surface area (Å²) in [6.45, 7) is 2.44. The first-order chi connectivity index (χ1) is 13.3. The van der Waals surface area contributed by atoms with Gasteiger partial charge < -0.3 is 9.88 Å². The largest absolute Gasteiger partial charge is 0.318 e. The van der Waals surface area contributed by atoms with E-state index in [9.17, 15) is 4.79 Å². The van der Waals surface area contributed by atoms with Gasteiger partial charge in [-0.1, -0.05) is 38.3 Å². The normalized spacial score (nSPS) is 14.9. The lowest BCUT2D eigenvalue weighted by Gasteiger charge is -2.15. The van der Waals surface area contributed by atoms with E-state index in [2.05, 4.69) is 21.9 Å². The standard InChI is InChI=1S/C21H27N5O/c1-2-3-12-19-23-17-10-6-7-11-18(17)25(19)15-21(27)24-20-13-14-22-26(20)16-8-4-5-9-16/h6-7,10-11,13-14,16H,2-5,8-9,12,15H2,1H3,(H,24,27). The molecule has 0 saturated heterocycles. The molecule has 6 heteroatoms. The lowest BCUT2D eigenvalue weighted by molar-refractivity contribution is -0.116. The lowest BCUT2D eigenvalue weighted by atomic mass is 10.2. The molecule has 1 aliphatic carbocycles. The number of nitrogens with zero attached hydrogens (tertiary/aromatic N) is 4. The Morgan fingerprint density at radius 2 is 2.04 bits per heavy atom. The summed E-state index contributed by atoms with van der Waals surface area (Å²) in [5.74, 6) is 1.75. The molecule has 1 fully saturated rings. The third-order valence-corrected chi connectivity index (χ3v) is 5.40. The minimum absolute atomic E-state index is 0.0318. The van der Waals surface area contributed by atoms with E-state index in [4.69, 9.17) is 4.98 Å². The van der Waals surface area contributed by atoms with Crippen molar-refractivity contribution in [2.45, 2.75) is 64.5 Å². The van der Waals surface area contributed by atoms with Crippen LogP contribution in [-0.4, -0.2) is 25.2 Å². The molecule has 1 aliphatic rings. The third-order valence-electron chi connectivity index (χ3n) is 5.40. The Morgan fingerprint density at radius 1 is 1.22 bits per heavy atom. The van der Waals surface area contributed by atoms with Gasteiger partial charge in [0.15, 0.2) is 0 Å². The SMILES string of the molecule is CCCCc1nc2ccccc2n1CC(=O)Nc1ccnn1C1CCCC1. The number of hydrogen-bond acceptors (Lipinski definition) is 3. The highest BCUT2D eigenvalue weighted by Crippen LogP contribution is 2.31. The van der Waals surface area contributed by atoms with Crippen molar-refractivity contribution in [3.63, 3.8) is 0 Å². The molecule has 1 amide bonds. The summed E-state index contributed by atoms with van der Waals surface area (Å²) in [7, 11) is 0. The zero-order valence-electron chi connectivity index (χ0n) is 15.9. The van der Waals surface area contributed by atoms with Gasteiger partial charge in [-0.15, -0.1) is 0 Å². The molecule has 1 aromatic carbocycles. The van der Waals surface area contributed by atoms with Gasteiger partial charge in [-0.05, 0) is 31.4 Å². The van der Waals surface area contributed by atoms with Crippen molar-refractivity contribution in [2.24, 2.45) is 0 Å². The van der Waals surface area contributed by atoms with Gasteiger partial charge in [-0.25, -0.2) is 9.67 Å². The van der Waals surface area contributed by atoms with E-state index in [1.807, 2.05) is 35.0 Å². The number of imidazole rings is 1. The van der Waals surface area contributed by atoms with Crippen LogP contribution in [0.5, 0.6) is 0 Å². The average molecular weight is 365 g/mol. The predicted octanol–water partition coefficient (Wildman–Crippen LogP) is 4.33. The smallest absolute Gasteiger partial charge is 0.245 e. The van der Waals surface area contributed by atoms with E-state index in [1.54, 1.807) is 6.20 Å². The maximum absolute atomic E-state index is 12.8. The van der Waals surface area contributed by atoms with Crippen LogP contribution in [-0.2, 0) is 17.8 Å². The van der Waals surface area contributed by atoms with Crippen molar-refractivity contribution in [1.29, 1.82) is 0 Å². The number of unbranched alkanes of at least 4 members (excludes halogenated alkanes) is 1. The Kier molecular flexibility index (Phi) is 5.23. The van der Waals surface area contributed by atoms with Crippen molar-refractivity contribution in [1.82, 2.24) is 19.3 Å². The fraction of sp³-hybridized carbons (Fsp3) is 0.476. The minimum atomic E-state index is -0.0318. The number of hydrogen-bond donors (Lipinski definition) is 1. The topological polar surface area (TPSA) is 64.7 Å². The van der Waals surface area contributed by atoms with Crippen LogP contribution >= 0.6 is 0 Å². The number of aryl methyl sites for hydroxylation is 1. The quantitative estimate of drug-likeness (QED) is 0.678. The number of carbonyl (C=O) groups is 1. The van der Waals surface area contributed by atoms with Crippen LogP contribution in [0.3, 0.4) is 0 Å². The number of aromatic nitrogens is 4. The zero-order chi connectivity index (χ0) is 18.6. The molecule has 0 radical (unpaired) electrons. The number of anilines is 1. The number of para-hydroxylation sites is 2. The van der Waals surface area contributed by atoms with Crippen molar-refractivity contribution in [2.75, 3.05) is 5.32 Å². The molecule has 3 aromatic rings. The molecule has 142 valence electrons. The molecule has 2 aromatic heterocycles. The second-order valence-corrected chi connectivity index (χ2v) is 7.35. The molecule has 2 heterocycles. The van der Waals surface area contributed by atoms with Gasteiger partial charge in [0.05, 0.1) is 23.3 Å². The van der Waals surface area contributed by atoms with Gasteiger partial charge in [-0.2, -0.15) is 5.10 Å². The molecule has 0 aliphatic heterocycles. The fourth-order valence-corrected chi connectivity index (χ4v) is 4.01. The van der Waals surface area contributed by atoms with Crippen LogP contribution in [0.25, 0.3) is 11.0 Å². The number of rotatable bonds is 7. The Balaban J connectivity index is 1.54. The molecular weight excluding hydrogens is 338 g/mol. The summed E-state index contributed by atoms with van der Waals surface area (Å²) >= 11 is 0. The van der Waals surface area contributed by atoms with E-state index in [-0.39, 0.29) is 12.5 Å². The van der Waals surface area contributed by atoms with Crippen LogP contribution in [0.4, 0.5) is 5.82 Å². The number of carbonyl (C=O) groups excluding carboxylic acids is 1. The van der Waals surface area contributed by atoms with Crippen LogP contribution in [0.2, 0.25) is 0 Å². The van der Waals surface area contributed by atoms with Crippen LogP contribution in [0.1, 0.15) is 57.3 Å². The van der Waals surface area contributed by atoms with E-state index < -0.39 is 0 Å². The highest BCUT2D eigenvalue weighted by molar-refractivity contribution is 5.91. The predicted molar refractivity (Wildman–Crippen MR) is 107 cm³/mol. The second kappa shape index (κ2) is 7.94. The van der Waals surface area contributed by atoms with E-state index >= 15 is 0 Å². The summed E-state index contributed by atoms with van der Waals surface area (Å²) in [5.41, 5.74) is 1.97. The number of benzene rings is 1. The molecule has 0 spiro atoms. The van der Waals surface area contributed by atoms with Gasteiger partial charge in [0.2, 0.25) is 5.91 Å². The molecule has 27 heavy (non-hydrogen) atoms. The maximum atomic E-state index is 12.8. The fourth-order valence-electron chi connectivity index (χ4n) is 4.01. The molecule has 6 nitrogen and oxygen atoms in total. The molecule has 4 rings (SSSR count). The van der Waals surface area contributed by atoms with E-state index in [0.717, 1.165) is 54.8 Å². The number of nitrogens with one attached hydrogen (secondary N) is 1. The van der Waals surface area contributed by atoms with Crippen molar-refractivity contribution >= 4 is 22.8 Å².